The zero-order chi connectivity index (χ0) is 17.4. The Labute approximate surface area is 150 Å². The number of nitrogens with zero attached hydrogens (tertiary/aromatic N) is 1. The molecule has 0 amide bonds. The van der Waals surface area contributed by atoms with Gasteiger partial charge < -0.3 is 10.1 Å². The number of carbonyl (C=O) groups excluding carboxylic acids is 1. The topological polar surface area (TPSA) is 41.5 Å². The van der Waals surface area contributed by atoms with Crippen LogP contribution in [-0.2, 0) is 4.79 Å². The van der Waals surface area contributed by atoms with Gasteiger partial charge in [-0.1, -0.05) is 17.7 Å². The highest BCUT2D eigenvalue weighted by Crippen LogP contribution is 2.37. The molecule has 3 nitrogen and oxygen atoms in total. The molecular formula is C17H12BrClF2N2O. The number of benzene rings is 2. The maximum atomic E-state index is 14.3. The number of hydrogen-bond donors (Lipinski definition) is 1. The molecule has 0 saturated heterocycles. The maximum absolute atomic E-state index is 14.3. The number of carbonyl (C=O) groups is 1. The molecule has 0 spiro atoms. The molecule has 0 fully saturated rings. The first-order valence-electron chi connectivity index (χ1n) is 7.16. The van der Waals surface area contributed by atoms with Crippen LogP contribution >= 0.6 is 27.5 Å². The van der Waals surface area contributed by atoms with Crippen LogP contribution < -0.4 is 5.32 Å². The molecule has 0 radical (unpaired) electrons. The van der Waals surface area contributed by atoms with Crippen molar-refractivity contribution in [1.29, 1.82) is 0 Å². The van der Waals surface area contributed by atoms with E-state index in [-0.39, 0.29) is 16.3 Å². The second-order valence-electron chi connectivity index (χ2n) is 5.41. The first kappa shape index (κ1) is 17.0. The summed E-state index contributed by atoms with van der Waals surface area (Å²) in [5.74, 6) is -1.49. The molecule has 0 aromatic heterocycles. The zero-order valence-corrected chi connectivity index (χ0v) is 14.8. The van der Waals surface area contributed by atoms with Gasteiger partial charge in [-0.2, -0.15) is 0 Å². The number of aldehydes is 1. The van der Waals surface area contributed by atoms with E-state index in [9.17, 15) is 13.6 Å². The molecular weight excluding hydrogens is 402 g/mol. The summed E-state index contributed by atoms with van der Waals surface area (Å²) in [6.07, 6.45) is 0.717. The molecule has 0 bridgehead atoms. The molecule has 1 aliphatic heterocycles. The SMILES string of the molecule is C[C@@H]1N=C(c2c(F)cccc2F)c2c(ccc(Br)c2Cl)NC1C=O. The van der Waals surface area contributed by atoms with Gasteiger partial charge in [-0.05, 0) is 47.1 Å². The minimum absolute atomic E-state index is 0.0799. The average Bonchev–Trinajstić information content (AvgIpc) is 2.68. The Balaban J connectivity index is 2.36. The van der Waals surface area contributed by atoms with E-state index in [4.69, 9.17) is 11.6 Å². The Kier molecular flexibility index (Phi) is 4.69. The van der Waals surface area contributed by atoms with Gasteiger partial charge in [-0.25, -0.2) is 8.78 Å². The molecule has 2 atom stereocenters. The van der Waals surface area contributed by atoms with E-state index < -0.39 is 23.7 Å². The number of anilines is 1. The molecule has 0 aliphatic carbocycles. The summed E-state index contributed by atoms with van der Waals surface area (Å²) in [4.78, 5) is 15.7. The highest BCUT2D eigenvalue weighted by Gasteiger charge is 2.29. The second-order valence-corrected chi connectivity index (χ2v) is 6.64. The molecule has 1 heterocycles. The molecule has 7 heteroatoms. The molecule has 1 unspecified atom stereocenters. The first-order chi connectivity index (χ1) is 11.4. The van der Waals surface area contributed by atoms with Crippen molar-refractivity contribution in [2.75, 3.05) is 5.32 Å². The van der Waals surface area contributed by atoms with Crippen molar-refractivity contribution in [3.05, 3.63) is 62.6 Å². The fraction of sp³-hybridized carbons (Fsp3) is 0.176. The lowest BCUT2D eigenvalue weighted by Crippen LogP contribution is -2.31. The Bertz CT molecular complexity index is 836. The van der Waals surface area contributed by atoms with Crippen molar-refractivity contribution in [2.24, 2.45) is 4.99 Å². The normalized spacial score (nSPS) is 19.8. The highest BCUT2D eigenvalue weighted by molar-refractivity contribution is 9.10. The van der Waals surface area contributed by atoms with Gasteiger partial charge in [-0.15, -0.1) is 0 Å². The Morgan fingerprint density at radius 1 is 1.21 bits per heavy atom. The van der Waals surface area contributed by atoms with Crippen LogP contribution in [0.15, 0.2) is 39.8 Å². The number of fused-ring (bicyclic) bond motifs is 1. The number of aliphatic imine (C=N–C) groups is 1. The standard InChI is InChI=1S/C17H12BrClF2N2O/c1-8-13(7-24)23-12-6-5-9(18)16(19)15(12)17(22-8)14-10(20)3-2-4-11(14)21/h2-8,13,23H,1H3/t8-,13?/m0/s1. The largest absolute Gasteiger partial charge is 0.373 e. The van der Waals surface area contributed by atoms with Crippen molar-refractivity contribution < 1.29 is 13.6 Å². The summed E-state index contributed by atoms with van der Waals surface area (Å²) in [7, 11) is 0. The predicted octanol–water partition coefficient (Wildman–Crippen LogP) is 4.60. The fourth-order valence-electron chi connectivity index (χ4n) is 2.61. The summed E-state index contributed by atoms with van der Waals surface area (Å²) >= 11 is 9.68. The minimum atomic E-state index is -0.743. The summed E-state index contributed by atoms with van der Waals surface area (Å²) in [5.41, 5.74) is 0.660. The number of halogens is 4. The van der Waals surface area contributed by atoms with E-state index in [1.807, 2.05) is 0 Å². The van der Waals surface area contributed by atoms with Crippen LogP contribution in [0.1, 0.15) is 18.1 Å². The number of nitrogens with one attached hydrogen (secondary N) is 1. The average molecular weight is 414 g/mol. The van der Waals surface area contributed by atoms with E-state index in [0.717, 1.165) is 12.1 Å². The maximum Gasteiger partial charge on any atom is 0.144 e. The van der Waals surface area contributed by atoms with Crippen LogP contribution in [-0.4, -0.2) is 24.1 Å². The molecule has 2 aromatic carbocycles. The van der Waals surface area contributed by atoms with Crippen molar-refractivity contribution in [2.45, 2.75) is 19.0 Å². The van der Waals surface area contributed by atoms with Crippen LogP contribution in [0.2, 0.25) is 5.02 Å². The third-order valence-corrected chi connectivity index (χ3v) is 5.13. The zero-order valence-electron chi connectivity index (χ0n) is 12.5. The summed E-state index contributed by atoms with van der Waals surface area (Å²) in [5, 5.41) is 3.30. The van der Waals surface area contributed by atoms with Gasteiger partial charge in [0.1, 0.15) is 24.0 Å². The van der Waals surface area contributed by atoms with Crippen LogP contribution in [0.4, 0.5) is 14.5 Å². The summed E-state index contributed by atoms with van der Waals surface area (Å²) in [6, 6.07) is 5.83. The lowest BCUT2D eigenvalue weighted by atomic mass is 9.99. The third-order valence-electron chi connectivity index (χ3n) is 3.85. The smallest absolute Gasteiger partial charge is 0.144 e. The Morgan fingerprint density at radius 3 is 2.50 bits per heavy atom. The van der Waals surface area contributed by atoms with Crippen LogP contribution in [0, 0.1) is 11.6 Å². The Hall–Kier alpha value is -1.79. The lowest BCUT2D eigenvalue weighted by Gasteiger charge is -2.16. The van der Waals surface area contributed by atoms with Gasteiger partial charge in [-0.3, -0.25) is 4.99 Å². The quantitative estimate of drug-likeness (QED) is 0.731. The summed E-state index contributed by atoms with van der Waals surface area (Å²) < 4.78 is 29.2. The van der Waals surface area contributed by atoms with E-state index in [1.54, 1.807) is 19.1 Å². The molecule has 0 saturated carbocycles. The van der Waals surface area contributed by atoms with E-state index in [0.29, 0.717) is 22.0 Å². The second kappa shape index (κ2) is 6.61. The Morgan fingerprint density at radius 2 is 1.88 bits per heavy atom. The number of rotatable bonds is 2. The van der Waals surface area contributed by atoms with Gasteiger partial charge in [0.25, 0.3) is 0 Å². The van der Waals surface area contributed by atoms with Gasteiger partial charge in [0.2, 0.25) is 0 Å². The third kappa shape index (κ3) is 2.84. The number of hydrogen-bond acceptors (Lipinski definition) is 3. The van der Waals surface area contributed by atoms with Crippen LogP contribution in [0.3, 0.4) is 0 Å². The van der Waals surface area contributed by atoms with Crippen molar-refractivity contribution in [3.63, 3.8) is 0 Å². The van der Waals surface area contributed by atoms with Crippen LogP contribution in [0.25, 0.3) is 0 Å². The fourth-order valence-corrected chi connectivity index (χ4v) is 3.20. The van der Waals surface area contributed by atoms with E-state index >= 15 is 0 Å². The molecule has 1 N–H and O–H groups in total. The molecule has 124 valence electrons. The predicted molar refractivity (Wildman–Crippen MR) is 94.1 cm³/mol. The summed E-state index contributed by atoms with van der Waals surface area (Å²) in [6.45, 7) is 1.69. The van der Waals surface area contributed by atoms with Gasteiger partial charge in [0.05, 0.1) is 22.3 Å². The van der Waals surface area contributed by atoms with E-state index in [1.165, 1.54) is 6.07 Å². The van der Waals surface area contributed by atoms with Gasteiger partial charge >= 0.3 is 0 Å². The minimum Gasteiger partial charge on any atom is -0.373 e. The highest BCUT2D eigenvalue weighted by atomic mass is 79.9. The lowest BCUT2D eigenvalue weighted by molar-refractivity contribution is -0.108. The molecule has 24 heavy (non-hydrogen) atoms. The van der Waals surface area contributed by atoms with Crippen molar-refractivity contribution in [1.82, 2.24) is 0 Å². The molecule has 2 aromatic rings. The van der Waals surface area contributed by atoms with E-state index in [2.05, 4.69) is 26.2 Å². The van der Waals surface area contributed by atoms with Gasteiger partial charge in [0, 0.05) is 15.7 Å². The van der Waals surface area contributed by atoms with Crippen molar-refractivity contribution in [3.8, 4) is 0 Å². The van der Waals surface area contributed by atoms with Crippen LogP contribution in [0.5, 0.6) is 0 Å². The van der Waals surface area contributed by atoms with Gasteiger partial charge in [0.15, 0.2) is 0 Å². The number of benzodiazepines with no additional fused rings is 1. The first-order valence-corrected chi connectivity index (χ1v) is 8.33. The monoisotopic (exact) mass is 412 g/mol. The molecule has 1 aliphatic rings. The molecule has 3 rings (SSSR count). The van der Waals surface area contributed by atoms with Crippen molar-refractivity contribution >= 4 is 45.2 Å².